The molecule has 6 nitrogen and oxygen atoms in total. The first-order valence-electron chi connectivity index (χ1n) is 9.52. The maximum Gasteiger partial charge on any atom is 0.338 e. The Kier molecular flexibility index (Phi) is 10.7. The summed E-state index contributed by atoms with van der Waals surface area (Å²) < 4.78 is 4.99. The zero-order chi connectivity index (χ0) is 20.4. The zero-order valence-electron chi connectivity index (χ0n) is 17.1. The molecule has 0 fully saturated rings. The van der Waals surface area contributed by atoms with E-state index in [1.807, 2.05) is 49.4 Å². The molecule has 158 valence electrons. The first-order chi connectivity index (χ1) is 13.5. The number of carbonyl (C=O) groups excluding carboxylic acids is 1. The van der Waals surface area contributed by atoms with Crippen LogP contribution < -0.4 is 10.6 Å². The Morgan fingerprint density at radius 2 is 1.72 bits per heavy atom. The summed E-state index contributed by atoms with van der Waals surface area (Å²) in [4.78, 5) is 16.3. The highest BCUT2D eigenvalue weighted by atomic mass is 127. The third-order valence-corrected chi connectivity index (χ3v) is 4.22. The van der Waals surface area contributed by atoms with Crippen LogP contribution in [0.4, 0.5) is 0 Å². The van der Waals surface area contributed by atoms with Crippen LogP contribution in [0.3, 0.4) is 0 Å². The summed E-state index contributed by atoms with van der Waals surface area (Å²) in [6, 6.07) is 16.7. The van der Waals surface area contributed by atoms with Crippen molar-refractivity contribution >= 4 is 35.9 Å². The van der Waals surface area contributed by atoms with E-state index in [1.54, 1.807) is 26.0 Å². The van der Waals surface area contributed by atoms with Gasteiger partial charge in [-0.3, -0.25) is 0 Å². The first-order valence-corrected chi connectivity index (χ1v) is 9.52. The smallest absolute Gasteiger partial charge is 0.338 e. The lowest BCUT2D eigenvalue weighted by molar-refractivity contribution is 0.0526. The van der Waals surface area contributed by atoms with Gasteiger partial charge in [0, 0.05) is 6.54 Å². The number of aliphatic imine (C=N–C) groups is 1. The van der Waals surface area contributed by atoms with Gasteiger partial charge in [0.1, 0.15) is 5.60 Å². The molecule has 0 aliphatic rings. The summed E-state index contributed by atoms with van der Waals surface area (Å²) in [5.74, 6) is 0.295. The fourth-order valence-corrected chi connectivity index (χ4v) is 2.63. The molecule has 0 spiro atoms. The highest BCUT2D eigenvalue weighted by Crippen LogP contribution is 2.18. The number of benzene rings is 2. The molecule has 0 aliphatic carbocycles. The summed E-state index contributed by atoms with van der Waals surface area (Å²) in [6.07, 6.45) is 0. The lowest BCUT2D eigenvalue weighted by Crippen LogP contribution is -2.44. The SMILES string of the molecule is CCNC(=NCc1ccc(C(=O)OCC)cc1)NCC(C)(O)c1ccccc1.I. The molecule has 0 heterocycles. The van der Waals surface area contributed by atoms with Gasteiger partial charge in [0.05, 0.1) is 25.3 Å². The van der Waals surface area contributed by atoms with E-state index >= 15 is 0 Å². The van der Waals surface area contributed by atoms with Gasteiger partial charge in [-0.15, -0.1) is 24.0 Å². The van der Waals surface area contributed by atoms with E-state index in [1.165, 1.54) is 0 Å². The molecule has 1 unspecified atom stereocenters. The Morgan fingerprint density at radius 1 is 1.07 bits per heavy atom. The van der Waals surface area contributed by atoms with Crippen molar-refractivity contribution in [3.05, 3.63) is 71.3 Å². The second kappa shape index (κ2) is 12.4. The first kappa shape index (κ1) is 24.9. The number of hydrogen-bond donors (Lipinski definition) is 3. The van der Waals surface area contributed by atoms with Crippen LogP contribution in [0.15, 0.2) is 59.6 Å². The van der Waals surface area contributed by atoms with Gasteiger partial charge < -0.3 is 20.5 Å². The van der Waals surface area contributed by atoms with Crippen molar-refractivity contribution in [2.24, 2.45) is 4.99 Å². The number of aliphatic hydroxyl groups is 1. The van der Waals surface area contributed by atoms with Gasteiger partial charge in [-0.25, -0.2) is 9.79 Å². The quantitative estimate of drug-likeness (QED) is 0.219. The average molecular weight is 511 g/mol. The summed E-state index contributed by atoms with van der Waals surface area (Å²) in [6.45, 7) is 7.38. The topological polar surface area (TPSA) is 83.0 Å². The normalized spacial score (nSPS) is 13.0. The van der Waals surface area contributed by atoms with Crippen molar-refractivity contribution in [1.29, 1.82) is 0 Å². The summed E-state index contributed by atoms with van der Waals surface area (Å²) >= 11 is 0. The lowest BCUT2D eigenvalue weighted by Gasteiger charge is -2.25. The summed E-state index contributed by atoms with van der Waals surface area (Å²) in [5.41, 5.74) is 1.32. The molecule has 1 atom stereocenters. The number of nitrogens with zero attached hydrogens (tertiary/aromatic N) is 1. The van der Waals surface area contributed by atoms with Crippen LogP contribution in [0.5, 0.6) is 0 Å². The number of guanidine groups is 1. The van der Waals surface area contributed by atoms with Crippen molar-refractivity contribution in [2.45, 2.75) is 32.9 Å². The molecule has 7 heteroatoms. The van der Waals surface area contributed by atoms with E-state index in [4.69, 9.17) is 4.74 Å². The summed E-state index contributed by atoms with van der Waals surface area (Å²) in [5, 5.41) is 17.1. The van der Waals surface area contributed by atoms with Gasteiger partial charge in [-0.1, -0.05) is 42.5 Å². The summed E-state index contributed by atoms with van der Waals surface area (Å²) in [7, 11) is 0. The molecule has 3 N–H and O–H groups in total. The van der Waals surface area contributed by atoms with Crippen molar-refractivity contribution in [2.75, 3.05) is 19.7 Å². The minimum atomic E-state index is -1.02. The number of esters is 1. The van der Waals surface area contributed by atoms with Gasteiger partial charge in [0.25, 0.3) is 0 Å². The molecule has 2 aromatic rings. The minimum Gasteiger partial charge on any atom is -0.462 e. The van der Waals surface area contributed by atoms with Crippen molar-refractivity contribution in [3.8, 4) is 0 Å². The second-order valence-electron chi connectivity index (χ2n) is 6.61. The average Bonchev–Trinajstić information content (AvgIpc) is 2.71. The highest BCUT2D eigenvalue weighted by Gasteiger charge is 2.22. The van der Waals surface area contributed by atoms with Gasteiger partial charge in [-0.05, 0) is 44.0 Å². The molecule has 2 rings (SSSR count). The lowest BCUT2D eigenvalue weighted by atomic mass is 9.96. The van der Waals surface area contributed by atoms with Crippen molar-refractivity contribution < 1.29 is 14.6 Å². The van der Waals surface area contributed by atoms with Gasteiger partial charge in [0.2, 0.25) is 0 Å². The number of carbonyl (C=O) groups is 1. The molecule has 0 aliphatic heterocycles. The third kappa shape index (κ3) is 8.02. The Hall–Kier alpha value is -2.13. The van der Waals surface area contributed by atoms with Crippen molar-refractivity contribution in [1.82, 2.24) is 10.6 Å². The monoisotopic (exact) mass is 511 g/mol. The molecule has 0 bridgehead atoms. The fraction of sp³-hybridized carbons (Fsp3) is 0.364. The number of ether oxygens (including phenoxy) is 1. The predicted octanol–water partition coefficient (Wildman–Crippen LogP) is 3.44. The van der Waals surface area contributed by atoms with Gasteiger partial charge >= 0.3 is 5.97 Å². The largest absolute Gasteiger partial charge is 0.462 e. The Bertz CT molecular complexity index is 778. The van der Waals surface area contributed by atoms with E-state index in [0.717, 1.165) is 11.1 Å². The molecule has 29 heavy (non-hydrogen) atoms. The van der Waals surface area contributed by atoms with Crippen LogP contribution in [0.2, 0.25) is 0 Å². The number of hydrogen-bond acceptors (Lipinski definition) is 4. The van der Waals surface area contributed by atoms with E-state index in [2.05, 4.69) is 15.6 Å². The van der Waals surface area contributed by atoms with Crippen LogP contribution in [-0.4, -0.2) is 36.7 Å². The second-order valence-corrected chi connectivity index (χ2v) is 6.61. The Labute approximate surface area is 189 Å². The number of nitrogens with one attached hydrogen (secondary N) is 2. The van der Waals surface area contributed by atoms with Crippen LogP contribution in [0, 0.1) is 0 Å². The Balaban J connectivity index is 0.00000420. The predicted molar refractivity (Wildman–Crippen MR) is 127 cm³/mol. The molecule has 0 radical (unpaired) electrons. The third-order valence-electron chi connectivity index (χ3n) is 4.22. The maximum atomic E-state index is 11.7. The standard InChI is InChI=1S/C22H29N3O3.HI/c1-4-23-21(25-16-22(3,27)19-9-7-6-8-10-19)24-15-17-11-13-18(14-12-17)20(26)28-5-2;/h6-14,27H,4-5,15-16H2,1-3H3,(H2,23,24,25);1H. The van der Waals surface area contributed by atoms with E-state index in [0.29, 0.717) is 37.8 Å². The molecular weight excluding hydrogens is 481 g/mol. The molecule has 2 aromatic carbocycles. The number of halogens is 1. The van der Waals surface area contributed by atoms with E-state index in [9.17, 15) is 9.90 Å². The zero-order valence-corrected chi connectivity index (χ0v) is 19.5. The van der Waals surface area contributed by atoms with Crippen molar-refractivity contribution in [3.63, 3.8) is 0 Å². The number of rotatable bonds is 8. The fourth-order valence-electron chi connectivity index (χ4n) is 2.63. The minimum absolute atomic E-state index is 0. The molecular formula is C22H30IN3O3. The molecule has 0 amide bonds. The van der Waals surface area contributed by atoms with Crippen LogP contribution in [0.25, 0.3) is 0 Å². The van der Waals surface area contributed by atoms with Crippen LogP contribution in [-0.2, 0) is 16.9 Å². The maximum absolute atomic E-state index is 11.7. The highest BCUT2D eigenvalue weighted by molar-refractivity contribution is 14.0. The van der Waals surface area contributed by atoms with E-state index < -0.39 is 5.60 Å². The molecule has 0 saturated carbocycles. The van der Waals surface area contributed by atoms with Crippen LogP contribution >= 0.6 is 24.0 Å². The van der Waals surface area contributed by atoms with E-state index in [-0.39, 0.29) is 29.9 Å². The Morgan fingerprint density at radius 3 is 2.31 bits per heavy atom. The van der Waals surface area contributed by atoms with Gasteiger partial charge in [-0.2, -0.15) is 0 Å². The van der Waals surface area contributed by atoms with Crippen LogP contribution in [0.1, 0.15) is 42.3 Å². The molecule has 0 saturated heterocycles. The van der Waals surface area contributed by atoms with Gasteiger partial charge in [0.15, 0.2) is 5.96 Å². The molecule has 0 aromatic heterocycles.